The SMILES string of the molecule is O=C(O)CC1(c2cccc(CN3CCCCC3)c2)CC1. The molecule has 1 aliphatic carbocycles. The van der Waals surface area contributed by atoms with Gasteiger partial charge in [0.05, 0.1) is 6.42 Å². The van der Waals surface area contributed by atoms with Crippen LogP contribution in [0.1, 0.15) is 49.7 Å². The Kier molecular flexibility index (Phi) is 3.79. The number of carboxylic acid groups (broad SMARTS) is 1. The molecule has 1 N–H and O–H groups in total. The van der Waals surface area contributed by atoms with Crippen molar-refractivity contribution < 1.29 is 9.90 Å². The monoisotopic (exact) mass is 273 g/mol. The van der Waals surface area contributed by atoms with Gasteiger partial charge in [-0.1, -0.05) is 30.7 Å². The van der Waals surface area contributed by atoms with Crippen LogP contribution in [-0.4, -0.2) is 29.1 Å². The van der Waals surface area contributed by atoms with Crippen molar-refractivity contribution in [3.05, 3.63) is 35.4 Å². The average Bonchev–Trinajstić information content (AvgIpc) is 3.20. The lowest BCUT2D eigenvalue weighted by Gasteiger charge is -2.26. The predicted octanol–water partition coefficient (Wildman–Crippen LogP) is 3.18. The first-order chi connectivity index (χ1) is 9.68. The molecule has 0 spiro atoms. The van der Waals surface area contributed by atoms with Gasteiger partial charge in [0.2, 0.25) is 0 Å². The van der Waals surface area contributed by atoms with Gasteiger partial charge in [0.25, 0.3) is 0 Å². The minimum absolute atomic E-state index is 0.0657. The Morgan fingerprint density at radius 3 is 2.60 bits per heavy atom. The van der Waals surface area contributed by atoms with Gasteiger partial charge in [-0.25, -0.2) is 0 Å². The van der Waals surface area contributed by atoms with E-state index in [9.17, 15) is 4.79 Å². The van der Waals surface area contributed by atoms with Gasteiger partial charge in [0.15, 0.2) is 0 Å². The molecule has 0 atom stereocenters. The molecule has 0 radical (unpaired) electrons. The van der Waals surface area contributed by atoms with Crippen molar-refractivity contribution in [2.75, 3.05) is 13.1 Å². The lowest BCUT2D eigenvalue weighted by Crippen LogP contribution is -2.29. The maximum atomic E-state index is 11.0. The van der Waals surface area contributed by atoms with Crippen LogP contribution in [0.25, 0.3) is 0 Å². The van der Waals surface area contributed by atoms with Gasteiger partial charge in [-0.2, -0.15) is 0 Å². The van der Waals surface area contributed by atoms with Crippen LogP contribution >= 0.6 is 0 Å². The van der Waals surface area contributed by atoms with Crippen LogP contribution < -0.4 is 0 Å². The van der Waals surface area contributed by atoms with E-state index in [0.717, 1.165) is 19.4 Å². The van der Waals surface area contributed by atoms with E-state index in [1.807, 2.05) is 0 Å². The van der Waals surface area contributed by atoms with E-state index in [4.69, 9.17) is 5.11 Å². The molecule has 1 aromatic carbocycles. The molecule has 0 bridgehead atoms. The highest BCUT2D eigenvalue weighted by Gasteiger charge is 2.45. The van der Waals surface area contributed by atoms with Gasteiger partial charge in [0, 0.05) is 12.0 Å². The molecule has 1 saturated carbocycles. The highest BCUT2D eigenvalue weighted by atomic mass is 16.4. The summed E-state index contributed by atoms with van der Waals surface area (Å²) >= 11 is 0. The van der Waals surface area contributed by atoms with Gasteiger partial charge in [-0.3, -0.25) is 9.69 Å². The molecular weight excluding hydrogens is 250 g/mol. The third kappa shape index (κ3) is 3.04. The Balaban J connectivity index is 1.71. The highest BCUT2D eigenvalue weighted by molar-refractivity contribution is 5.70. The Labute approximate surface area is 120 Å². The van der Waals surface area contributed by atoms with Crippen LogP contribution in [0.3, 0.4) is 0 Å². The molecule has 0 aromatic heterocycles. The fourth-order valence-electron chi connectivity index (χ4n) is 3.38. The lowest BCUT2D eigenvalue weighted by molar-refractivity contribution is -0.137. The molecule has 1 aromatic rings. The van der Waals surface area contributed by atoms with Crippen molar-refractivity contribution in [3.63, 3.8) is 0 Å². The van der Waals surface area contributed by atoms with Crippen molar-refractivity contribution in [3.8, 4) is 0 Å². The number of likely N-dealkylation sites (tertiary alicyclic amines) is 1. The first-order valence-corrected chi connectivity index (χ1v) is 7.72. The molecule has 3 nitrogen and oxygen atoms in total. The highest BCUT2D eigenvalue weighted by Crippen LogP contribution is 2.51. The Bertz CT molecular complexity index is 488. The number of benzene rings is 1. The number of carbonyl (C=O) groups is 1. The zero-order chi connectivity index (χ0) is 14.0. The van der Waals surface area contributed by atoms with Gasteiger partial charge in [-0.05, 0) is 49.9 Å². The van der Waals surface area contributed by atoms with Crippen molar-refractivity contribution in [1.29, 1.82) is 0 Å². The molecule has 108 valence electrons. The number of aliphatic carboxylic acids is 1. The molecule has 1 aliphatic heterocycles. The summed E-state index contributed by atoms with van der Waals surface area (Å²) in [5.41, 5.74) is 2.50. The van der Waals surface area contributed by atoms with Crippen LogP contribution in [0.5, 0.6) is 0 Å². The van der Waals surface area contributed by atoms with E-state index in [1.54, 1.807) is 0 Å². The predicted molar refractivity (Wildman–Crippen MR) is 78.7 cm³/mol. The molecule has 0 unspecified atom stereocenters. The van der Waals surface area contributed by atoms with Gasteiger partial charge in [-0.15, -0.1) is 0 Å². The summed E-state index contributed by atoms with van der Waals surface area (Å²) in [4.78, 5) is 13.5. The quantitative estimate of drug-likeness (QED) is 0.895. The van der Waals surface area contributed by atoms with Gasteiger partial charge < -0.3 is 5.11 Å². The largest absolute Gasteiger partial charge is 0.481 e. The van der Waals surface area contributed by atoms with Gasteiger partial charge in [0.1, 0.15) is 0 Å². The molecule has 3 rings (SSSR count). The fourth-order valence-corrected chi connectivity index (χ4v) is 3.38. The topological polar surface area (TPSA) is 40.5 Å². The molecule has 2 fully saturated rings. The molecule has 1 saturated heterocycles. The van der Waals surface area contributed by atoms with E-state index in [-0.39, 0.29) is 11.8 Å². The summed E-state index contributed by atoms with van der Waals surface area (Å²) in [6.45, 7) is 3.41. The van der Waals surface area contributed by atoms with E-state index >= 15 is 0 Å². The van der Waals surface area contributed by atoms with Crippen LogP contribution in [0.4, 0.5) is 0 Å². The molecule has 20 heavy (non-hydrogen) atoms. The standard InChI is InChI=1S/C17H23NO2/c19-16(20)12-17(7-8-17)15-6-4-5-14(11-15)13-18-9-2-1-3-10-18/h4-6,11H,1-3,7-10,12-13H2,(H,19,20). The smallest absolute Gasteiger partial charge is 0.304 e. The first kappa shape index (κ1) is 13.6. The number of piperidine rings is 1. The Morgan fingerprint density at radius 1 is 1.20 bits per heavy atom. The number of carboxylic acids is 1. The summed E-state index contributed by atoms with van der Waals surface area (Å²) in [6.07, 6.45) is 6.29. The van der Waals surface area contributed by atoms with Crippen molar-refractivity contribution >= 4 is 5.97 Å². The molecule has 1 heterocycles. The molecule has 3 heteroatoms. The summed E-state index contributed by atoms with van der Waals surface area (Å²) in [6, 6.07) is 8.62. The summed E-state index contributed by atoms with van der Waals surface area (Å²) in [5, 5.41) is 9.07. The number of nitrogens with zero attached hydrogens (tertiary/aromatic N) is 1. The van der Waals surface area contributed by atoms with Crippen molar-refractivity contribution in [2.45, 2.75) is 50.5 Å². The third-order valence-corrected chi connectivity index (χ3v) is 4.74. The molecule has 2 aliphatic rings. The van der Waals surface area contributed by atoms with E-state index < -0.39 is 5.97 Å². The maximum Gasteiger partial charge on any atom is 0.304 e. The number of rotatable bonds is 5. The molecular formula is C17H23NO2. The summed E-state index contributed by atoms with van der Waals surface area (Å²) < 4.78 is 0. The third-order valence-electron chi connectivity index (χ3n) is 4.74. The second-order valence-corrected chi connectivity index (χ2v) is 6.39. The first-order valence-electron chi connectivity index (χ1n) is 7.72. The minimum Gasteiger partial charge on any atom is -0.481 e. The van der Waals surface area contributed by atoms with Crippen LogP contribution in [0.15, 0.2) is 24.3 Å². The Morgan fingerprint density at radius 2 is 1.95 bits per heavy atom. The fraction of sp³-hybridized carbons (Fsp3) is 0.588. The van der Waals surface area contributed by atoms with Crippen LogP contribution in [0, 0.1) is 0 Å². The second-order valence-electron chi connectivity index (χ2n) is 6.39. The second kappa shape index (κ2) is 5.57. The minimum atomic E-state index is -0.677. The zero-order valence-electron chi connectivity index (χ0n) is 12.0. The number of hydrogen-bond donors (Lipinski definition) is 1. The normalized spacial score (nSPS) is 21.6. The van der Waals surface area contributed by atoms with E-state index in [2.05, 4.69) is 29.2 Å². The lowest BCUT2D eigenvalue weighted by atomic mass is 9.91. The van der Waals surface area contributed by atoms with E-state index in [1.165, 1.54) is 43.5 Å². The van der Waals surface area contributed by atoms with Crippen molar-refractivity contribution in [2.24, 2.45) is 0 Å². The Hall–Kier alpha value is -1.35. The average molecular weight is 273 g/mol. The summed E-state index contributed by atoms with van der Waals surface area (Å²) in [7, 11) is 0. The van der Waals surface area contributed by atoms with Gasteiger partial charge >= 0.3 is 5.97 Å². The summed E-state index contributed by atoms with van der Waals surface area (Å²) in [5.74, 6) is -0.677. The zero-order valence-corrected chi connectivity index (χ0v) is 12.0. The maximum absolute atomic E-state index is 11.0. The van der Waals surface area contributed by atoms with E-state index in [0.29, 0.717) is 0 Å². The van der Waals surface area contributed by atoms with Crippen molar-refractivity contribution in [1.82, 2.24) is 4.90 Å². The molecule has 0 amide bonds. The number of hydrogen-bond acceptors (Lipinski definition) is 2. The van der Waals surface area contributed by atoms with Crippen LogP contribution in [0.2, 0.25) is 0 Å². The van der Waals surface area contributed by atoms with Crippen LogP contribution in [-0.2, 0) is 16.8 Å².